The summed E-state index contributed by atoms with van der Waals surface area (Å²) < 4.78 is 0. The first-order valence-electron chi connectivity index (χ1n) is 9.90. The molecule has 4 rings (SSSR count). The van der Waals surface area contributed by atoms with Gasteiger partial charge in [-0.1, -0.05) is 53.1 Å². The van der Waals surface area contributed by atoms with E-state index in [1.165, 1.54) is 37.9 Å². The van der Waals surface area contributed by atoms with E-state index in [4.69, 9.17) is 0 Å². The standard InChI is InChI=1S/C27H25OP/c1-20-4-12-24(13-5-20)29(25-14-6-21(2)7-15-25,26-16-8-22(3)9-17-26)27-18-10-23(28)11-19-27/h4-19H,1-3H3/p+1. The molecule has 0 aliphatic rings. The maximum absolute atomic E-state index is 9.96. The second kappa shape index (κ2) is 7.85. The van der Waals surface area contributed by atoms with E-state index in [0.29, 0.717) is 5.75 Å². The normalized spacial score (nSPS) is 11.4. The van der Waals surface area contributed by atoms with E-state index in [1.807, 2.05) is 0 Å². The van der Waals surface area contributed by atoms with Crippen LogP contribution in [0.3, 0.4) is 0 Å². The van der Waals surface area contributed by atoms with Gasteiger partial charge in [0, 0.05) is 0 Å². The molecule has 0 aliphatic carbocycles. The number of phenolic OH excluding ortho intramolecular Hbond substituents is 1. The molecule has 0 aromatic heterocycles. The van der Waals surface area contributed by atoms with Crippen LogP contribution in [-0.4, -0.2) is 5.11 Å². The average molecular weight is 397 g/mol. The molecule has 0 amide bonds. The van der Waals surface area contributed by atoms with Gasteiger partial charge in [-0.25, -0.2) is 0 Å². The summed E-state index contributed by atoms with van der Waals surface area (Å²) >= 11 is 0. The summed E-state index contributed by atoms with van der Waals surface area (Å²) in [5.41, 5.74) is 3.76. The summed E-state index contributed by atoms with van der Waals surface area (Å²) in [6.07, 6.45) is 0. The van der Waals surface area contributed by atoms with Crippen molar-refractivity contribution in [3.8, 4) is 5.75 Å². The van der Waals surface area contributed by atoms with Crippen molar-refractivity contribution in [3.05, 3.63) is 114 Å². The predicted molar refractivity (Wildman–Crippen MR) is 127 cm³/mol. The Bertz CT molecular complexity index is 906. The number of rotatable bonds is 4. The Morgan fingerprint density at radius 2 is 0.655 bits per heavy atom. The molecule has 0 saturated heterocycles. The largest absolute Gasteiger partial charge is 0.508 e. The minimum absolute atomic E-state index is 0.295. The average Bonchev–Trinajstić information content (AvgIpc) is 2.73. The van der Waals surface area contributed by atoms with E-state index >= 15 is 0 Å². The monoisotopic (exact) mass is 397 g/mol. The van der Waals surface area contributed by atoms with Crippen LogP contribution in [0.2, 0.25) is 0 Å². The molecule has 0 unspecified atom stereocenters. The van der Waals surface area contributed by atoms with Crippen LogP contribution in [0.4, 0.5) is 0 Å². The molecular formula is C27H26OP+. The third-order valence-electron chi connectivity index (χ3n) is 5.50. The summed E-state index contributed by atoms with van der Waals surface area (Å²) in [5, 5.41) is 15.2. The number of hydrogen-bond donors (Lipinski definition) is 1. The Kier molecular flexibility index (Phi) is 5.26. The zero-order chi connectivity index (χ0) is 20.4. The van der Waals surface area contributed by atoms with Crippen molar-refractivity contribution in [2.24, 2.45) is 0 Å². The zero-order valence-electron chi connectivity index (χ0n) is 17.1. The minimum atomic E-state index is -2.10. The van der Waals surface area contributed by atoms with Crippen LogP contribution in [0.25, 0.3) is 0 Å². The predicted octanol–water partition coefficient (Wildman–Crippen LogP) is 4.94. The number of hydrogen-bond acceptors (Lipinski definition) is 1. The highest BCUT2D eigenvalue weighted by Gasteiger charge is 2.47. The fourth-order valence-corrected chi connectivity index (χ4v) is 8.05. The Morgan fingerprint density at radius 3 is 0.931 bits per heavy atom. The van der Waals surface area contributed by atoms with Crippen molar-refractivity contribution in [1.82, 2.24) is 0 Å². The molecule has 0 bridgehead atoms. The number of aromatic hydroxyl groups is 1. The molecule has 0 aliphatic heterocycles. The van der Waals surface area contributed by atoms with Gasteiger partial charge in [0.15, 0.2) is 0 Å². The zero-order valence-corrected chi connectivity index (χ0v) is 18.0. The first kappa shape index (κ1) is 19.4. The van der Waals surface area contributed by atoms with E-state index in [-0.39, 0.29) is 0 Å². The van der Waals surface area contributed by atoms with Crippen LogP contribution in [0, 0.1) is 20.8 Å². The molecule has 1 N–H and O–H groups in total. The molecule has 4 aromatic rings. The highest BCUT2D eigenvalue weighted by Crippen LogP contribution is 2.54. The Labute approximate surface area is 174 Å². The molecule has 0 atom stereocenters. The van der Waals surface area contributed by atoms with Crippen LogP contribution in [-0.2, 0) is 0 Å². The topological polar surface area (TPSA) is 20.2 Å². The number of aryl methyl sites for hydroxylation is 3. The SMILES string of the molecule is Cc1ccc([P+](c2ccc(C)cc2)(c2ccc(C)cc2)c2ccc(O)cc2)cc1. The van der Waals surface area contributed by atoms with E-state index < -0.39 is 7.26 Å². The van der Waals surface area contributed by atoms with Gasteiger partial charge in [0.1, 0.15) is 34.2 Å². The second-order valence-electron chi connectivity index (χ2n) is 7.69. The third kappa shape index (κ3) is 3.59. The van der Waals surface area contributed by atoms with Crippen molar-refractivity contribution in [3.63, 3.8) is 0 Å². The third-order valence-corrected chi connectivity index (χ3v) is 9.79. The van der Waals surface area contributed by atoms with E-state index in [0.717, 1.165) is 0 Å². The number of phenols is 1. The fraction of sp³-hybridized carbons (Fsp3) is 0.111. The molecule has 29 heavy (non-hydrogen) atoms. The molecule has 144 valence electrons. The van der Waals surface area contributed by atoms with Crippen molar-refractivity contribution in [2.45, 2.75) is 20.8 Å². The van der Waals surface area contributed by atoms with Crippen LogP contribution >= 0.6 is 7.26 Å². The molecule has 2 heteroatoms. The minimum Gasteiger partial charge on any atom is -0.508 e. The summed E-state index contributed by atoms with van der Waals surface area (Å²) in [6, 6.07) is 34.6. The van der Waals surface area contributed by atoms with Gasteiger partial charge in [-0.3, -0.25) is 0 Å². The molecule has 0 radical (unpaired) electrons. The summed E-state index contributed by atoms with van der Waals surface area (Å²) in [7, 11) is -2.10. The Morgan fingerprint density at radius 1 is 0.414 bits per heavy atom. The molecule has 1 nitrogen and oxygen atoms in total. The lowest BCUT2D eigenvalue weighted by Crippen LogP contribution is -2.38. The summed E-state index contributed by atoms with van der Waals surface area (Å²) in [5.74, 6) is 0.295. The maximum atomic E-state index is 9.96. The molecule has 0 spiro atoms. The van der Waals surface area contributed by atoms with Crippen LogP contribution in [0.1, 0.15) is 16.7 Å². The molecular weight excluding hydrogens is 371 g/mol. The smallest absolute Gasteiger partial charge is 0.144 e. The van der Waals surface area contributed by atoms with Crippen molar-refractivity contribution in [1.29, 1.82) is 0 Å². The highest BCUT2D eigenvalue weighted by atomic mass is 31.2. The lowest BCUT2D eigenvalue weighted by Gasteiger charge is -2.28. The molecule has 0 heterocycles. The Hall–Kier alpha value is -2.89. The quantitative estimate of drug-likeness (QED) is 0.484. The molecule has 4 aromatic carbocycles. The summed E-state index contributed by atoms with van der Waals surface area (Å²) in [6.45, 7) is 6.38. The van der Waals surface area contributed by atoms with Gasteiger partial charge in [0.2, 0.25) is 0 Å². The first-order chi connectivity index (χ1) is 14.0. The first-order valence-corrected chi connectivity index (χ1v) is 11.7. The molecule has 0 fully saturated rings. The van der Waals surface area contributed by atoms with Crippen LogP contribution < -0.4 is 21.2 Å². The van der Waals surface area contributed by atoms with Gasteiger partial charge in [0.05, 0.1) is 0 Å². The lowest BCUT2D eigenvalue weighted by atomic mass is 10.2. The van der Waals surface area contributed by atoms with Gasteiger partial charge < -0.3 is 5.11 Å². The lowest BCUT2D eigenvalue weighted by molar-refractivity contribution is 0.475. The Balaban J connectivity index is 2.11. The van der Waals surface area contributed by atoms with E-state index in [9.17, 15) is 5.11 Å². The van der Waals surface area contributed by atoms with Gasteiger partial charge in [-0.2, -0.15) is 0 Å². The van der Waals surface area contributed by atoms with Crippen LogP contribution in [0.5, 0.6) is 5.75 Å². The van der Waals surface area contributed by atoms with Gasteiger partial charge >= 0.3 is 0 Å². The second-order valence-corrected chi connectivity index (χ2v) is 11.1. The van der Waals surface area contributed by atoms with Crippen molar-refractivity contribution in [2.75, 3.05) is 0 Å². The van der Waals surface area contributed by atoms with E-state index in [2.05, 4.69) is 106 Å². The molecule has 0 saturated carbocycles. The van der Waals surface area contributed by atoms with Crippen LogP contribution in [0.15, 0.2) is 97.1 Å². The van der Waals surface area contributed by atoms with Gasteiger partial charge in [-0.15, -0.1) is 0 Å². The van der Waals surface area contributed by atoms with E-state index in [1.54, 1.807) is 12.1 Å². The maximum Gasteiger partial charge on any atom is 0.144 e. The summed E-state index contributed by atoms with van der Waals surface area (Å²) in [4.78, 5) is 0. The van der Waals surface area contributed by atoms with Crippen molar-refractivity contribution >= 4 is 28.5 Å². The fourth-order valence-electron chi connectivity index (χ4n) is 3.88. The van der Waals surface area contributed by atoms with Gasteiger partial charge in [0.25, 0.3) is 0 Å². The highest BCUT2D eigenvalue weighted by molar-refractivity contribution is 8.01. The van der Waals surface area contributed by atoms with Crippen molar-refractivity contribution < 1.29 is 5.11 Å². The number of benzene rings is 4. The van der Waals surface area contributed by atoms with Gasteiger partial charge in [-0.05, 0) is 81.4 Å².